The van der Waals surface area contributed by atoms with Gasteiger partial charge in [-0.15, -0.1) is 0 Å². The molecule has 16 heavy (non-hydrogen) atoms. The van der Waals surface area contributed by atoms with Gasteiger partial charge in [-0.1, -0.05) is 0 Å². The van der Waals surface area contributed by atoms with Crippen LogP contribution in [0.25, 0.3) is 0 Å². The van der Waals surface area contributed by atoms with Crippen LogP contribution < -0.4 is 5.32 Å². The molecule has 4 fully saturated rings. The van der Waals surface area contributed by atoms with E-state index in [0.29, 0.717) is 0 Å². The van der Waals surface area contributed by atoms with Crippen LogP contribution in [-0.4, -0.2) is 28.8 Å². The first-order valence-electron chi connectivity index (χ1n) is 6.75. The zero-order chi connectivity index (χ0) is 11.1. The van der Waals surface area contributed by atoms with Gasteiger partial charge in [-0.25, -0.2) is 0 Å². The third-order valence-corrected chi connectivity index (χ3v) is 5.78. The Morgan fingerprint density at radius 3 is 2.12 bits per heavy atom. The first-order valence-corrected chi connectivity index (χ1v) is 8.48. The van der Waals surface area contributed by atoms with Crippen LogP contribution in [0.5, 0.6) is 0 Å². The van der Waals surface area contributed by atoms with E-state index in [2.05, 4.69) is 5.32 Å². The van der Waals surface area contributed by atoms with Crippen molar-refractivity contribution in [2.24, 2.45) is 23.7 Å². The monoisotopic (exact) mass is 241 g/mol. The maximum Gasteiger partial charge on any atom is 0.0357 e. The highest BCUT2D eigenvalue weighted by Crippen LogP contribution is 2.53. The van der Waals surface area contributed by atoms with E-state index in [-0.39, 0.29) is 0 Å². The number of hydrogen-bond donors (Lipinski definition) is 1. The minimum atomic E-state index is -0.637. The van der Waals surface area contributed by atoms with Gasteiger partial charge in [0.25, 0.3) is 0 Å². The van der Waals surface area contributed by atoms with Gasteiger partial charge in [-0.05, 0) is 55.8 Å². The molecule has 0 radical (unpaired) electrons. The van der Waals surface area contributed by atoms with Crippen molar-refractivity contribution in [1.29, 1.82) is 0 Å². The number of hydrogen-bond acceptors (Lipinski definition) is 2. The molecular weight excluding hydrogens is 218 g/mol. The summed E-state index contributed by atoms with van der Waals surface area (Å²) >= 11 is 0. The topological polar surface area (TPSA) is 29.1 Å². The fourth-order valence-electron chi connectivity index (χ4n) is 4.63. The molecule has 0 spiro atoms. The average molecular weight is 241 g/mol. The molecule has 0 aromatic heterocycles. The lowest BCUT2D eigenvalue weighted by Gasteiger charge is -2.54. The highest BCUT2D eigenvalue weighted by atomic mass is 32.2. The van der Waals surface area contributed by atoms with Crippen LogP contribution in [0.1, 0.15) is 32.1 Å². The van der Waals surface area contributed by atoms with Gasteiger partial charge in [0, 0.05) is 35.4 Å². The van der Waals surface area contributed by atoms with Crippen molar-refractivity contribution in [3.63, 3.8) is 0 Å². The van der Waals surface area contributed by atoms with Gasteiger partial charge in [0.15, 0.2) is 0 Å². The lowest BCUT2D eigenvalue weighted by atomic mass is 9.54. The summed E-state index contributed by atoms with van der Waals surface area (Å²) in [6.45, 7) is 0.954. The summed E-state index contributed by atoms with van der Waals surface area (Å²) in [6.07, 6.45) is 9.22. The first-order chi connectivity index (χ1) is 7.72. The Labute approximate surface area is 101 Å². The van der Waals surface area contributed by atoms with E-state index in [1.165, 1.54) is 32.1 Å². The molecule has 1 N–H and O–H groups in total. The van der Waals surface area contributed by atoms with Gasteiger partial charge in [0.1, 0.15) is 0 Å². The summed E-state index contributed by atoms with van der Waals surface area (Å²) in [7, 11) is -0.637. The normalized spacial score (nSPS) is 47.2. The van der Waals surface area contributed by atoms with Gasteiger partial charge < -0.3 is 5.32 Å². The van der Waals surface area contributed by atoms with Crippen LogP contribution >= 0.6 is 0 Å². The molecule has 0 aliphatic heterocycles. The van der Waals surface area contributed by atoms with Crippen molar-refractivity contribution in [2.45, 2.75) is 38.1 Å². The van der Waals surface area contributed by atoms with Crippen LogP contribution in [0.3, 0.4) is 0 Å². The molecule has 4 rings (SSSR count). The number of nitrogens with one attached hydrogen (secondary N) is 1. The standard InChI is InChI=1S/C13H23NOS/c1-16(15)3-2-14-13-11-5-9-4-10(7-11)8-12(13)6-9/h9-14H,2-8H2,1H3. The van der Waals surface area contributed by atoms with Crippen molar-refractivity contribution in [3.8, 4) is 0 Å². The Bertz CT molecular complexity index is 264. The second-order valence-corrected chi connectivity index (χ2v) is 7.74. The predicted molar refractivity (Wildman–Crippen MR) is 67.8 cm³/mol. The first kappa shape index (κ1) is 11.2. The molecule has 0 amide bonds. The van der Waals surface area contributed by atoms with E-state index in [0.717, 1.165) is 42.0 Å². The van der Waals surface area contributed by atoms with Gasteiger partial charge in [-0.2, -0.15) is 0 Å². The molecule has 0 saturated heterocycles. The van der Waals surface area contributed by atoms with Gasteiger partial charge in [-0.3, -0.25) is 4.21 Å². The maximum atomic E-state index is 11.1. The van der Waals surface area contributed by atoms with Crippen molar-refractivity contribution >= 4 is 10.8 Å². The Morgan fingerprint density at radius 2 is 1.62 bits per heavy atom. The van der Waals surface area contributed by atoms with Crippen LogP contribution in [0, 0.1) is 23.7 Å². The molecule has 2 nitrogen and oxygen atoms in total. The second kappa shape index (κ2) is 4.41. The second-order valence-electron chi connectivity index (χ2n) is 6.19. The van der Waals surface area contributed by atoms with E-state index in [1.807, 2.05) is 0 Å². The largest absolute Gasteiger partial charge is 0.313 e. The lowest BCUT2D eigenvalue weighted by molar-refractivity contribution is -0.0128. The highest BCUT2D eigenvalue weighted by Gasteiger charge is 2.47. The summed E-state index contributed by atoms with van der Waals surface area (Å²) in [5.41, 5.74) is 0. The molecule has 4 aliphatic carbocycles. The van der Waals surface area contributed by atoms with Crippen molar-refractivity contribution in [1.82, 2.24) is 5.32 Å². The summed E-state index contributed by atoms with van der Waals surface area (Å²) < 4.78 is 11.1. The fraction of sp³-hybridized carbons (Fsp3) is 1.00. The minimum absolute atomic E-state index is 0.637. The van der Waals surface area contributed by atoms with Crippen LogP contribution in [0.2, 0.25) is 0 Å². The van der Waals surface area contributed by atoms with Crippen LogP contribution in [-0.2, 0) is 10.8 Å². The molecule has 4 bridgehead atoms. The van der Waals surface area contributed by atoms with E-state index < -0.39 is 10.8 Å². The Balaban J connectivity index is 1.57. The smallest absolute Gasteiger partial charge is 0.0357 e. The highest BCUT2D eigenvalue weighted by molar-refractivity contribution is 7.84. The molecule has 0 aromatic carbocycles. The summed E-state index contributed by atoms with van der Waals surface area (Å²) in [5.74, 6) is 4.83. The van der Waals surface area contributed by atoms with Crippen molar-refractivity contribution < 1.29 is 4.21 Å². The summed E-state index contributed by atoms with van der Waals surface area (Å²) in [6, 6.07) is 0.761. The van der Waals surface area contributed by atoms with E-state index in [1.54, 1.807) is 6.26 Å². The molecule has 92 valence electrons. The molecule has 1 atom stereocenters. The fourth-order valence-corrected chi connectivity index (χ4v) is 5.03. The zero-order valence-electron chi connectivity index (χ0n) is 10.2. The summed E-state index contributed by atoms with van der Waals surface area (Å²) in [4.78, 5) is 0. The third-order valence-electron chi connectivity index (χ3n) is 5.00. The molecule has 4 aliphatic rings. The average Bonchev–Trinajstić information content (AvgIpc) is 2.20. The van der Waals surface area contributed by atoms with Crippen molar-refractivity contribution in [2.75, 3.05) is 18.6 Å². The molecule has 0 aromatic rings. The molecule has 4 saturated carbocycles. The van der Waals surface area contributed by atoms with E-state index in [9.17, 15) is 4.21 Å². The molecular formula is C13H23NOS. The van der Waals surface area contributed by atoms with Gasteiger partial charge in [0.05, 0.1) is 0 Å². The predicted octanol–water partition coefficient (Wildman–Crippen LogP) is 1.78. The lowest BCUT2D eigenvalue weighted by Crippen LogP contribution is -2.55. The van der Waals surface area contributed by atoms with Gasteiger partial charge in [0.2, 0.25) is 0 Å². The van der Waals surface area contributed by atoms with E-state index >= 15 is 0 Å². The molecule has 1 unspecified atom stereocenters. The van der Waals surface area contributed by atoms with Crippen LogP contribution in [0.4, 0.5) is 0 Å². The SMILES string of the molecule is CS(=O)CCNC1C2CC3CC(C2)CC1C3. The molecule has 3 heteroatoms. The maximum absolute atomic E-state index is 11.1. The minimum Gasteiger partial charge on any atom is -0.313 e. The van der Waals surface area contributed by atoms with E-state index in [4.69, 9.17) is 0 Å². The Kier molecular flexibility index (Phi) is 3.09. The van der Waals surface area contributed by atoms with Crippen molar-refractivity contribution in [3.05, 3.63) is 0 Å². The Hall–Kier alpha value is 0.110. The third kappa shape index (κ3) is 2.08. The quantitative estimate of drug-likeness (QED) is 0.813. The number of rotatable bonds is 4. The van der Waals surface area contributed by atoms with Gasteiger partial charge >= 0.3 is 0 Å². The Morgan fingerprint density at radius 1 is 1.06 bits per heavy atom. The molecule has 0 heterocycles. The zero-order valence-corrected chi connectivity index (χ0v) is 11.0. The van der Waals surface area contributed by atoms with Crippen LogP contribution in [0.15, 0.2) is 0 Å². The summed E-state index contributed by atoms with van der Waals surface area (Å²) in [5, 5.41) is 3.70.